The molecule has 0 radical (unpaired) electrons. The Morgan fingerprint density at radius 2 is 2.00 bits per heavy atom. The van der Waals surface area contributed by atoms with Crippen molar-refractivity contribution in [2.45, 2.75) is 39.5 Å². The third kappa shape index (κ3) is 4.92. The molecule has 0 N–H and O–H groups in total. The molecule has 1 heterocycles. The van der Waals surface area contributed by atoms with Gasteiger partial charge in [-0.15, -0.1) is 0 Å². The number of halogens is 1. The number of aromatic nitrogens is 2. The fraction of sp³-hybridized carbons (Fsp3) is 0.667. The SMILES string of the molecule is CCCCC(CC)COc1ncc(Br)cn1. The summed E-state index contributed by atoms with van der Waals surface area (Å²) in [6.45, 7) is 5.13. The van der Waals surface area contributed by atoms with E-state index in [4.69, 9.17) is 4.74 Å². The van der Waals surface area contributed by atoms with Gasteiger partial charge in [-0.05, 0) is 28.3 Å². The molecule has 1 atom stereocenters. The molecular formula is C12H19BrN2O. The Morgan fingerprint density at radius 3 is 2.56 bits per heavy atom. The maximum Gasteiger partial charge on any atom is 0.316 e. The normalized spacial score (nSPS) is 12.4. The van der Waals surface area contributed by atoms with Crippen molar-refractivity contribution in [1.82, 2.24) is 9.97 Å². The van der Waals surface area contributed by atoms with Crippen LogP contribution in [0.3, 0.4) is 0 Å². The van der Waals surface area contributed by atoms with Crippen LogP contribution in [0.15, 0.2) is 16.9 Å². The van der Waals surface area contributed by atoms with Crippen molar-refractivity contribution >= 4 is 15.9 Å². The Labute approximate surface area is 106 Å². The molecule has 0 saturated heterocycles. The van der Waals surface area contributed by atoms with Gasteiger partial charge in [-0.1, -0.05) is 33.1 Å². The molecular weight excluding hydrogens is 268 g/mol. The summed E-state index contributed by atoms with van der Waals surface area (Å²) in [5.74, 6) is 0.618. The van der Waals surface area contributed by atoms with E-state index >= 15 is 0 Å². The average molecular weight is 287 g/mol. The summed E-state index contributed by atoms with van der Waals surface area (Å²) in [7, 11) is 0. The van der Waals surface area contributed by atoms with Crippen molar-refractivity contribution in [3.63, 3.8) is 0 Å². The number of rotatable bonds is 7. The highest BCUT2D eigenvalue weighted by Crippen LogP contribution is 2.14. The molecule has 4 heteroatoms. The molecule has 0 saturated carbocycles. The molecule has 0 aliphatic carbocycles. The molecule has 0 aromatic carbocycles. The molecule has 1 unspecified atom stereocenters. The predicted octanol–water partition coefficient (Wildman–Crippen LogP) is 3.83. The lowest BCUT2D eigenvalue weighted by Crippen LogP contribution is -2.12. The van der Waals surface area contributed by atoms with E-state index in [1.807, 2.05) is 0 Å². The van der Waals surface area contributed by atoms with E-state index in [9.17, 15) is 0 Å². The molecule has 0 amide bonds. The van der Waals surface area contributed by atoms with Gasteiger partial charge < -0.3 is 4.74 Å². The molecule has 0 bridgehead atoms. The summed E-state index contributed by atoms with van der Waals surface area (Å²) in [6, 6.07) is 0.471. The predicted molar refractivity (Wildman–Crippen MR) is 68.5 cm³/mol. The number of unbranched alkanes of at least 4 members (excludes halogenated alkanes) is 1. The zero-order valence-corrected chi connectivity index (χ0v) is 11.5. The van der Waals surface area contributed by atoms with Crippen molar-refractivity contribution in [2.75, 3.05) is 6.61 Å². The van der Waals surface area contributed by atoms with Crippen LogP contribution < -0.4 is 4.74 Å². The summed E-state index contributed by atoms with van der Waals surface area (Å²) >= 11 is 3.29. The quantitative estimate of drug-likeness (QED) is 0.764. The van der Waals surface area contributed by atoms with Gasteiger partial charge in [-0.2, -0.15) is 0 Å². The Kier molecular flexibility index (Phi) is 6.38. The third-order valence-electron chi connectivity index (χ3n) is 2.59. The van der Waals surface area contributed by atoms with Gasteiger partial charge in [-0.25, -0.2) is 9.97 Å². The Bertz CT molecular complexity index is 290. The molecule has 0 aliphatic rings. The van der Waals surface area contributed by atoms with Gasteiger partial charge in [-0.3, -0.25) is 0 Å². The van der Waals surface area contributed by atoms with Crippen molar-refractivity contribution in [1.29, 1.82) is 0 Å². The topological polar surface area (TPSA) is 35.0 Å². The van der Waals surface area contributed by atoms with E-state index in [0.717, 1.165) is 17.5 Å². The maximum absolute atomic E-state index is 5.57. The first kappa shape index (κ1) is 13.4. The van der Waals surface area contributed by atoms with Crippen LogP contribution in [0.1, 0.15) is 39.5 Å². The number of hydrogen-bond donors (Lipinski definition) is 0. The van der Waals surface area contributed by atoms with Crippen LogP contribution in [-0.4, -0.2) is 16.6 Å². The first-order chi connectivity index (χ1) is 7.76. The van der Waals surface area contributed by atoms with E-state index in [1.165, 1.54) is 19.3 Å². The molecule has 3 nitrogen and oxygen atoms in total. The highest BCUT2D eigenvalue weighted by Gasteiger charge is 2.07. The van der Waals surface area contributed by atoms with Crippen LogP contribution in [0, 0.1) is 5.92 Å². The van der Waals surface area contributed by atoms with Crippen molar-refractivity contribution in [3.05, 3.63) is 16.9 Å². The van der Waals surface area contributed by atoms with Gasteiger partial charge in [0.25, 0.3) is 0 Å². The number of nitrogens with zero attached hydrogens (tertiary/aromatic N) is 2. The van der Waals surface area contributed by atoms with Gasteiger partial charge >= 0.3 is 6.01 Å². The van der Waals surface area contributed by atoms with Gasteiger partial charge in [0.05, 0.1) is 11.1 Å². The molecule has 1 rings (SSSR count). The highest BCUT2D eigenvalue weighted by molar-refractivity contribution is 9.10. The Morgan fingerprint density at radius 1 is 1.31 bits per heavy atom. The summed E-state index contributed by atoms with van der Waals surface area (Å²) < 4.78 is 6.44. The molecule has 1 aromatic heterocycles. The standard InChI is InChI=1S/C12H19BrN2O/c1-3-5-6-10(4-2)9-16-12-14-7-11(13)8-15-12/h7-8,10H,3-6,9H2,1-2H3. The van der Waals surface area contributed by atoms with Crippen LogP contribution in [0.5, 0.6) is 6.01 Å². The van der Waals surface area contributed by atoms with Crippen molar-refractivity contribution < 1.29 is 4.74 Å². The molecule has 0 spiro atoms. The highest BCUT2D eigenvalue weighted by atomic mass is 79.9. The van der Waals surface area contributed by atoms with Crippen LogP contribution in [0.2, 0.25) is 0 Å². The fourth-order valence-corrected chi connectivity index (χ4v) is 1.67. The molecule has 90 valence electrons. The second kappa shape index (κ2) is 7.60. The van der Waals surface area contributed by atoms with E-state index < -0.39 is 0 Å². The van der Waals surface area contributed by atoms with E-state index in [2.05, 4.69) is 39.7 Å². The van der Waals surface area contributed by atoms with Gasteiger partial charge in [0.15, 0.2) is 0 Å². The number of ether oxygens (including phenoxy) is 1. The second-order valence-electron chi connectivity index (χ2n) is 3.91. The lowest BCUT2D eigenvalue weighted by molar-refractivity contribution is 0.217. The van der Waals surface area contributed by atoms with Crippen molar-refractivity contribution in [3.8, 4) is 6.01 Å². The zero-order valence-electron chi connectivity index (χ0n) is 9.95. The van der Waals surface area contributed by atoms with E-state index in [-0.39, 0.29) is 0 Å². The molecule has 1 aromatic rings. The molecule has 0 aliphatic heterocycles. The Balaban J connectivity index is 2.34. The van der Waals surface area contributed by atoms with Crippen molar-refractivity contribution in [2.24, 2.45) is 5.92 Å². The molecule has 0 fully saturated rings. The lowest BCUT2D eigenvalue weighted by atomic mass is 10.0. The van der Waals surface area contributed by atoms with Gasteiger partial charge in [0, 0.05) is 12.4 Å². The minimum atomic E-state index is 0.471. The molecule has 16 heavy (non-hydrogen) atoms. The van der Waals surface area contributed by atoms with Crippen LogP contribution in [-0.2, 0) is 0 Å². The fourth-order valence-electron chi connectivity index (χ4n) is 1.47. The van der Waals surface area contributed by atoms with Crippen LogP contribution in [0.4, 0.5) is 0 Å². The number of hydrogen-bond acceptors (Lipinski definition) is 3. The Hall–Kier alpha value is -0.640. The lowest BCUT2D eigenvalue weighted by Gasteiger charge is -2.14. The third-order valence-corrected chi connectivity index (χ3v) is 3.00. The summed E-state index contributed by atoms with van der Waals surface area (Å²) in [6.07, 6.45) is 8.29. The smallest absolute Gasteiger partial charge is 0.316 e. The monoisotopic (exact) mass is 286 g/mol. The van der Waals surface area contributed by atoms with Gasteiger partial charge in [0.1, 0.15) is 0 Å². The largest absolute Gasteiger partial charge is 0.463 e. The summed E-state index contributed by atoms with van der Waals surface area (Å²) in [5, 5.41) is 0. The first-order valence-electron chi connectivity index (χ1n) is 5.86. The van der Waals surface area contributed by atoms with Crippen LogP contribution in [0.25, 0.3) is 0 Å². The van der Waals surface area contributed by atoms with Gasteiger partial charge in [0.2, 0.25) is 0 Å². The van der Waals surface area contributed by atoms with E-state index in [1.54, 1.807) is 12.4 Å². The maximum atomic E-state index is 5.57. The zero-order chi connectivity index (χ0) is 11.8. The summed E-state index contributed by atoms with van der Waals surface area (Å²) in [4.78, 5) is 8.17. The van der Waals surface area contributed by atoms with E-state index in [0.29, 0.717) is 11.9 Å². The average Bonchev–Trinajstić information content (AvgIpc) is 2.32. The van der Waals surface area contributed by atoms with Crippen LogP contribution >= 0.6 is 15.9 Å². The minimum absolute atomic E-state index is 0.471. The first-order valence-corrected chi connectivity index (χ1v) is 6.65. The minimum Gasteiger partial charge on any atom is -0.463 e. The summed E-state index contributed by atoms with van der Waals surface area (Å²) in [5.41, 5.74) is 0. The second-order valence-corrected chi connectivity index (χ2v) is 4.83.